The fourth-order valence-corrected chi connectivity index (χ4v) is 4.91. The van der Waals surface area contributed by atoms with E-state index in [9.17, 15) is 13.2 Å². The number of halogens is 3. The molecule has 2 aliphatic heterocycles. The number of likely N-dealkylation sites (tertiary alicyclic amines) is 1. The summed E-state index contributed by atoms with van der Waals surface area (Å²) >= 11 is 0. The highest BCUT2D eigenvalue weighted by Crippen LogP contribution is 2.41. The van der Waals surface area contributed by atoms with Crippen molar-refractivity contribution in [2.24, 2.45) is 5.41 Å². The highest BCUT2D eigenvalue weighted by Gasteiger charge is 2.37. The molecule has 164 valence electrons. The number of piperidine rings is 1. The van der Waals surface area contributed by atoms with Crippen LogP contribution in [-0.2, 0) is 17.5 Å². The Morgan fingerprint density at radius 1 is 1.03 bits per heavy atom. The third kappa shape index (κ3) is 4.06. The molecule has 0 amide bonds. The summed E-state index contributed by atoms with van der Waals surface area (Å²) < 4.78 is 47.2. The molecule has 2 fully saturated rings. The van der Waals surface area contributed by atoms with E-state index < -0.39 is 11.9 Å². The van der Waals surface area contributed by atoms with Crippen LogP contribution in [0, 0.1) is 5.41 Å². The molecule has 0 atom stereocenters. The lowest BCUT2D eigenvalue weighted by atomic mass is 9.72. The summed E-state index contributed by atoms with van der Waals surface area (Å²) in [5, 5.41) is 0.826. The quantitative estimate of drug-likeness (QED) is 0.597. The van der Waals surface area contributed by atoms with Gasteiger partial charge in [0.15, 0.2) is 5.69 Å². The van der Waals surface area contributed by atoms with Crippen molar-refractivity contribution in [3.05, 3.63) is 54.1 Å². The van der Waals surface area contributed by atoms with Gasteiger partial charge in [-0.2, -0.15) is 13.2 Å². The first-order chi connectivity index (χ1) is 14.9. The first kappa shape index (κ1) is 20.5. The van der Waals surface area contributed by atoms with E-state index in [1.807, 2.05) is 12.1 Å². The van der Waals surface area contributed by atoms with Crippen LogP contribution in [0.15, 0.2) is 42.9 Å². The highest BCUT2D eigenvalue weighted by molar-refractivity contribution is 5.79. The van der Waals surface area contributed by atoms with Gasteiger partial charge in [0.05, 0.1) is 5.69 Å². The van der Waals surface area contributed by atoms with E-state index in [0.717, 1.165) is 62.8 Å². The van der Waals surface area contributed by atoms with Crippen LogP contribution >= 0.6 is 0 Å². The molecule has 5 heterocycles. The van der Waals surface area contributed by atoms with Crippen molar-refractivity contribution in [3.8, 4) is 5.69 Å². The number of hydrogen-bond acceptors (Lipinski definition) is 4. The zero-order valence-electron chi connectivity index (χ0n) is 17.2. The van der Waals surface area contributed by atoms with Crippen molar-refractivity contribution < 1.29 is 17.9 Å². The second-order valence-corrected chi connectivity index (χ2v) is 8.70. The molecule has 3 aromatic rings. The van der Waals surface area contributed by atoms with Crippen LogP contribution in [0.25, 0.3) is 16.7 Å². The van der Waals surface area contributed by atoms with E-state index in [1.54, 1.807) is 12.4 Å². The summed E-state index contributed by atoms with van der Waals surface area (Å²) in [5.74, 6) is 0. The molecule has 2 saturated heterocycles. The molecular formula is C23H25F3N4O. The van der Waals surface area contributed by atoms with Crippen molar-refractivity contribution in [2.45, 2.75) is 38.4 Å². The molecule has 3 aromatic heterocycles. The van der Waals surface area contributed by atoms with Crippen LogP contribution in [0.2, 0.25) is 0 Å². The van der Waals surface area contributed by atoms with Crippen LogP contribution in [0.5, 0.6) is 0 Å². The second-order valence-electron chi connectivity index (χ2n) is 8.70. The largest absolute Gasteiger partial charge is 0.435 e. The molecule has 1 spiro atoms. The van der Waals surface area contributed by atoms with E-state index in [-0.39, 0.29) is 5.69 Å². The average molecular weight is 430 g/mol. The minimum Gasteiger partial charge on any atom is -0.381 e. The van der Waals surface area contributed by atoms with Gasteiger partial charge in [0.25, 0.3) is 0 Å². The Morgan fingerprint density at radius 2 is 1.81 bits per heavy atom. The van der Waals surface area contributed by atoms with E-state index in [0.29, 0.717) is 11.1 Å². The number of pyridine rings is 2. The van der Waals surface area contributed by atoms with Crippen LogP contribution in [-0.4, -0.2) is 45.7 Å². The average Bonchev–Trinajstić information content (AvgIpc) is 3.19. The molecule has 0 bridgehead atoms. The molecule has 8 heteroatoms. The summed E-state index contributed by atoms with van der Waals surface area (Å²) in [4.78, 5) is 10.5. The monoisotopic (exact) mass is 430 g/mol. The Bertz CT molecular complexity index is 1060. The molecule has 0 N–H and O–H groups in total. The van der Waals surface area contributed by atoms with Crippen molar-refractivity contribution in [1.29, 1.82) is 0 Å². The number of rotatable bonds is 3. The minimum atomic E-state index is -4.52. The lowest BCUT2D eigenvalue weighted by molar-refractivity contribution is -0.141. The fraction of sp³-hybridized carbons (Fsp3) is 0.478. The summed E-state index contributed by atoms with van der Waals surface area (Å²) in [6.45, 7) is 4.68. The number of alkyl halides is 3. The zero-order chi connectivity index (χ0) is 21.5. The lowest BCUT2D eigenvalue weighted by Crippen LogP contribution is -2.42. The van der Waals surface area contributed by atoms with Crippen LogP contribution in [0.1, 0.15) is 36.9 Å². The first-order valence-electron chi connectivity index (χ1n) is 10.7. The van der Waals surface area contributed by atoms with E-state index in [2.05, 4.69) is 14.9 Å². The Kier molecular flexibility index (Phi) is 5.22. The normalized spacial score (nSPS) is 19.8. The van der Waals surface area contributed by atoms with Crippen LogP contribution in [0.3, 0.4) is 0 Å². The smallest absolute Gasteiger partial charge is 0.381 e. The Balaban J connectivity index is 1.34. The first-order valence-corrected chi connectivity index (χ1v) is 10.7. The molecule has 0 aliphatic carbocycles. The minimum absolute atomic E-state index is 0.0111. The van der Waals surface area contributed by atoms with Gasteiger partial charge in [-0.25, -0.2) is 9.97 Å². The molecule has 0 aromatic carbocycles. The highest BCUT2D eigenvalue weighted by atomic mass is 19.4. The molecule has 2 aliphatic rings. The maximum absolute atomic E-state index is 13.4. The van der Waals surface area contributed by atoms with E-state index in [1.165, 1.54) is 29.5 Å². The Morgan fingerprint density at radius 3 is 2.55 bits per heavy atom. The van der Waals surface area contributed by atoms with E-state index >= 15 is 0 Å². The topological polar surface area (TPSA) is 43.2 Å². The van der Waals surface area contributed by atoms with Gasteiger partial charge >= 0.3 is 6.18 Å². The number of fused-ring (bicyclic) bond motifs is 1. The summed E-state index contributed by atoms with van der Waals surface area (Å²) in [7, 11) is 0. The number of nitrogens with zero attached hydrogens (tertiary/aromatic N) is 4. The molecule has 0 unspecified atom stereocenters. The number of aromatic nitrogens is 3. The Hall–Kier alpha value is -2.45. The standard InChI is InChI=1S/C23H25F3N4O/c24-23(25,26)20-19(2-1-8-27-20)30-9-3-18-14-17(15-28-21(18)30)16-29-10-4-22(5-11-29)6-12-31-13-7-22/h1-3,8-9,14-15H,4-7,10-13,16H2. The predicted molar refractivity (Wildman–Crippen MR) is 111 cm³/mol. The molecule has 5 rings (SSSR count). The lowest BCUT2D eigenvalue weighted by Gasteiger charge is -2.44. The van der Waals surface area contributed by atoms with Crippen molar-refractivity contribution >= 4 is 11.0 Å². The van der Waals surface area contributed by atoms with Gasteiger partial charge in [-0.15, -0.1) is 0 Å². The summed E-state index contributed by atoms with van der Waals surface area (Å²) in [6, 6.07) is 6.77. The number of ether oxygens (including phenoxy) is 1. The molecule has 5 nitrogen and oxygen atoms in total. The van der Waals surface area contributed by atoms with Gasteiger partial charge in [0.1, 0.15) is 5.65 Å². The van der Waals surface area contributed by atoms with Gasteiger partial charge in [0.2, 0.25) is 0 Å². The third-order valence-electron chi connectivity index (χ3n) is 6.77. The summed E-state index contributed by atoms with van der Waals surface area (Å²) in [5.41, 5.74) is 1.11. The van der Waals surface area contributed by atoms with E-state index in [4.69, 9.17) is 4.74 Å². The maximum Gasteiger partial charge on any atom is 0.435 e. The Labute approximate surface area is 178 Å². The van der Waals surface area contributed by atoms with Gasteiger partial charge in [-0.1, -0.05) is 0 Å². The summed E-state index contributed by atoms with van der Waals surface area (Å²) in [6.07, 6.45) is 4.76. The third-order valence-corrected chi connectivity index (χ3v) is 6.77. The van der Waals surface area contributed by atoms with Crippen molar-refractivity contribution in [1.82, 2.24) is 19.4 Å². The molecule has 31 heavy (non-hydrogen) atoms. The van der Waals surface area contributed by atoms with Crippen LogP contribution < -0.4 is 0 Å². The predicted octanol–water partition coefficient (Wildman–Crippen LogP) is 4.83. The molecule has 0 saturated carbocycles. The zero-order valence-corrected chi connectivity index (χ0v) is 17.2. The fourth-order valence-electron chi connectivity index (χ4n) is 4.91. The van der Waals surface area contributed by atoms with Crippen LogP contribution in [0.4, 0.5) is 13.2 Å². The maximum atomic E-state index is 13.4. The van der Waals surface area contributed by atoms with Gasteiger partial charge in [-0.05, 0) is 74.0 Å². The van der Waals surface area contributed by atoms with Crippen molar-refractivity contribution in [2.75, 3.05) is 26.3 Å². The van der Waals surface area contributed by atoms with Crippen molar-refractivity contribution in [3.63, 3.8) is 0 Å². The second kappa shape index (κ2) is 7.91. The molecule has 0 radical (unpaired) electrons. The van der Waals surface area contributed by atoms with Gasteiger partial charge in [-0.3, -0.25) is 9.47 Å². The van der Waals surface area contributed by atoms with Gasteiger partial charge in [0, 0.05) is 43.7 Å². The number of hydrogen-bond donors (Lipinski definition) is 0. The SMILES string of the molecule is FC(F)(F)c1ncccc1-n1ccc2cc(CN3CCC4(CCOCC4)CC3)cnc21. The molecular weight excluding hydrogens is 405 g/mol. The van der Waals surface area contributed by atoms with Gasteiger partial charge < -0.3 is 4.74 Å².